The van der Waals surface area contributed by atoms with Gasteiger partial charge in [0.05, 0.1) is 12.6 Å². The highest BCUT2D eigenvalue weighted by Gasteiger charge is 2.28. The summed E-state index contributed by atoms with van der Waals surface area (Å²) in [7, 11) is 0. The number of amides is 1. The first kappa shape index (κ1) is 17.6. The van der Waals surface area contributed by atoms with Crippen LogP contribution in [0.15, 0.2) is 36.7 Å². The van der Waals surface area contributed by atoms with E-state index in [0.717, 1.165) is 43.7 Å². The van der Waals surface area contributed by atoms with Gasteiger partial charge < -0.3 is 9.88 Å². The fourth-order valence-corrected chi connectivity index (χ4v) is 3.40. The van der Waals surface area contributed by atoms with E-state index in [0.29, 0.717) is 13.1 Å². The minimum Gasteiger partial charge on any atom is -0.351 e. The number of aryl methyl sites for hydroxylation is 1. The lowest BCUT2D eigenvalue weighted by atomic mass is 10.0. The number of carbonyl (C=O) groups excluding carboxylic acids is 1. The summed E-state index contributed by atoms with van der Waals surface area (Å²) in [6.45, 7) is 4.68. The van der Waals surface area contributed by atoms with Crippen LogP contribution in [0.4, 0.5) is 4.39 Å². The van der Waals surface area contributed by atoms with E-state index >= 15 is 0 Å². The van der Waals surface area contributed by atoms with Crippen molar-refractivity contribution in [1.29, 1.82) is 0 Å². The summed E-state index contributed by atoms with van der Waals surface area (Å²) in [5.41, 5.74) is 0.895. The molecule has 1 saturated heterocycles. The second-order valence-electron chi connectivity index (χ2n) is 6.46. The predicted octanol–water partition coefficient (Wildman–Crippen LogP) is 2.89. The summed E-state index contributed by atoms with van der Waals surface area (Å²) >= 11 is 0. The highest BCUT2D eigenvalue weighted by atomic mass is 19.1. The average molecular weight is 344 g/mol. The molecular weight excluding hydrogens is 319 g/mol. The Hall–Kier alpha value is -2.21. The number of benzene rings is 1. The molecule has 1 N–H and O–H groups in total. The molecule has 1 fully saturated rings. The Kier molecular flexibility index (Phi) is 5.81. The number of piperidine rings is 1. The third-order valence-electron chi connectivity index (χ3n) is 4.75. The summed E-state index contributed by atoms with van der Waals surface area (Å²) < 4.78 is 15.1. The van der Waals surface area contributed by atoms with Gasteiger partial charge in [-0.2, -0.15) is 0 Å². The van der Waals surface area contributed by atoms with Crippen LogP contribution in [-0.4, -0.2) is 33.4 Å². The van der Waals surface area contributed by atoms with Gasteiger partial charge in [-0.1, -0.05) is 18.6 Å². The van der Waals surface area contributed by atoms with Crippen LogP contribution < -0.4 is 5.32 Å². The van der Waals surface area contributed by atoms with Crippen LogP contribution in [0.1, 0.15) is 43.6 Å². The van der Waals surface area contributed by atoms with Gasteiger partial charge in [0.25, 0.3) is 0 Å². The van der Waals surface area contributed by atoms with Gasteiger partial charge in [-0.3, -0.25) is 9.69 Å². The lowest BCUT2D eigenvalue weighted by Crippen LogP contribution is -2.42. The van der Waals surface area contributed by atoms with E-state index in [2.05, 4.69) is 26.7 Å². The van der Waals surface area contributed by atoms with Gasteiger partial charge in [0, 0.05) is 25.5 Å². The molecule has 1 atom stereocenters. The minimum absolute atomic E-state index is 0.00849. The maximum Gasteiger partial charge on any atom is 0.234 e. The van der Waals surface area contributed by atoms with Crippen molar-refractivity contribution >= 4 is 5.91 Å². The van der Waals surface area contributed by atoms with Crippen LogP contribution in [0, 0.1) is 5.82 Å². The summed E-state index contributed by atoms with van der Waals surface area (Å²) in [5.74, 6) is 0.775. The molecule has 1 aromatic carbocycles. The van der Waals surface area contributed by atoms with Crippen molar-refractivity contribution in [3.8, 4) is 0 Å². The number of nitrogens with one attached hydrogen (secondary N) is 1. The summed E-state index contributed by atoms with van der Waals surface area (Å²) in [5, 5.41) is 2.93. The molecule has 0 aliphatic carbocycles. The molecule has 1 amide bonds. The number of hydrogen-bond donors (Lipinski definition) is 1. The molecule has 1 unspecified atom stereocenters. The number of likely N-dealkylation sites (tertiary alicyclic amines) is 1. The molecule has 0 bridgehead atoms. The number of hydrogen-bond acceptors (Lipinski definition) is 3. The Morgan fingerprint density at radius 2 is 2.12 bits per heavy atom. The molecule has 6 heteroatoms. The van der Waals surface area contributed by atoms with E-state index in [1.54, 1.807) is 12.1 Å². The first-order valence-corrected chi connectivity index (χ1v) is 8.93. The molecule has 134 valence electrons. The molecule has 0 radical (unpaired) electrons. The zero-order valence-corrected chi connectivity index (χ0v) is 14.6. The lowest BCUT2D eigenvalue weighted by molar-refractivity contribution is -0.123. The van der Waals surface area contributed by atoms with E-state index in [-0.39, 0.29) is 17.8 Å². The largest absolute Gasteiger partial charge is 0.351 e. The van der Waals surface area contributed by atoms with Crippen LogP contribution in [-0.2, 0) is 17.9 Å². The molecule has 1 aliphatic rings. The highest BCUT2D eigenvalue weighted by Crippen LogP contribution is 2.29. The predicted molar refractivity (Wildman–Crippen MR) is 94.3 cm³/mol. The lowest BCUT2D eigenvalue weighted by Gasteiger charge is -2.34. The molecule has 1 aromatic heterocycles. The zero-order chi connectivity index (χ0) is 17.6. The van der Waals surface area contributed by atoms with Gasteiger partial charge in [-0.15, -0.1) is 0 Å². The first-order valence-electron chi connectivity index (χ1n) is 8.93. The fourth-order valence-electron chi connectivity index (χ4n) is 3.40. The standard InChI is InChI=1S/C19H25FN4O/c1-2-23-12-10-21-19(23)17-5-3-4-11-24(17)14-18(25)22-13-15-6-8-16(20)9-7-15/h6-10,12,17H,2-5,11,13-14H2,1H3,(H,22,25). The molecular formula is C19H25FN4O. The fraction of sp³-hybridized carbons (Fsp3) is 0.474. The number of nitrogens with zero attached hydrogens (tertiary/aromatic N) is 3. The van der Waals surface area contributed by atoms with Crippen LogP contribution in [0.2, 0.25) is 0 Å². The smallest absolute Gasteiger partial charge is 0.234 e. The Morgan fingerprint density at radius 1 is 1.32 bits per heavy atom. The third kappa shape index (κ3) is 4.45. The van der Waals surface area contributed by atoms with Crippen molar-refractivity contribution in [2.45, 2.75) is 45.3 Å². The van der Waals surface area contributed by atoms with E-state index in [4.69, 9.17) is 0 Å². The SMILES string of the molecule is CCn1ccnc1C1CCCCN1CC(=O)NCc1ccc(F)cc1. The van der Waals surface area contributed by atoms with Crippen LogP contribution in [0.25, 0.3) is 0 Å². The van der Waals surface area contributed by atoms with Crippen molar-refractivity contribution in [1.82, 2.24) is 19.8 Å². The molecule has 2 heterocycles. The first-order chi connectivity index (χ1) is 12.2. The number of halogens is 1. The molecule has 2 aromatic rings. The van der Waals surface area contributed by atoms with Crippen molar-refractivity contribution in [3.63, 3.8) is 0 Å². The molecule has 1 aliphatic heterocycles. The van der Waals surface area contributed by atoms with Crippen LogP contribution in [0.5, 0.6) is 0 Å². The van der Waals surface area contributed by atoms with Gasteiger partial charge in [-0.25, -0.2) is 9.37 Å². The quantitative estimate of drug-likeness (QED) is 0.877. The van der Waals surface area contributed by atoms with E-state index in [9.17, 15) is 9.18 Å². The van der Waals surface area contributed by atoms with Crippen molar-refractivity contribution < 1.29 is 9.18 Å². The number of carbonyl (C=O) groups is 1. The number of rotatable bonds is 6. The van der Waals surface area contributed by atoms with Gasteiger partial charge in [-0.05, 0) is 44.0 Å². The van der Waals surface area contributed by atoms with Gasteiger partial charge in [0.2, 0.25) is 5.91 Å². The Balaban J connectivity index is 1.59. The average Bonchev–Trinajstić information content (AvgIpc) is 3.10. The number of imidazole rings is 1. The Morgan fingerprint density at radius 3 is 2.88 bits per heavy atom. The van der Waals surface area contributed by atoms with E-state index < -0.39 is 0 Å². The molecule has 3 rings (SSSR count). The maximum atomic E-state index is 12.9. The normalized spacial score (nSPS) is 18.2. The molecule has 5 nitrogen and oxygen atoms in total. The van der Waals surface area contributed by atoms with E-state index in [1.807, 2.05) is 12.4 Å². The zero-order valence-electron chi connectivity index (χ0n) is 14.6. The van der Waals surface area contributed by atoms with Crippen molar-refractivity contribution in [2.24, 2.45) is 0 Å². The third-order valence-corrected chi connectivity index (χ3v) is 4.75. The topological polar surface area (TPSA) is 50.2 Å². The molecule has 0 spiro atoms. The highest BCUT2D eigenvalue weighted by molar-refractivity contribution is 5.78. The molecule has 25 heavy (non-hydrogen) atoms. The second-order valence-corrected chi connectivity index (χ2v) is 6.46. The van der Waals surface area contributed by atoms with Crippen molar-refractivity contribution in [2.75, 3.05) is 13.1 Å². The Labute approximate surface area is 147 Å². The van der Waals surface area contributed by atoms with Gasteiger partial charge in [0.1, 0.15) is 11.6 Å². The summed E-state index contributed by atoms with van der Waals surface area (Å²) in [6.07, 6.45) is 7.13. The van der Waals surface area contributed by atoms with Gasteiger partial charge >= 0.3 is 0 Å². The summed E-state index contributed by atoms with van der Waals surface area (Å²) in [6, 6.07) is 6.40. The van der Waals surface area contributed by atoms with Crippen molar-refractivity contribution in [3.05, 3.63) is 53.9 Å². The summed E-state index contributed by atoms with van der Waals surface area (Å²) in [4.78, 5) is 19.1. The van der Waals surface area contributed by atoms with Crippen LogP contribution >= 0.6 is 0 Å². The maximum absolute atomic E-state index is 12.9. The van der Waals surface area contributed by atoms with Crippen LogP contribution in [0.3, 0.4) is 0 Å². The minimum atomic E-state index is -0.266. The second kappa shape index (κ2) is 8.25. The van der Waals surface area contributed by atoms with Gasteiger partial charge in [0.15, 0.2) is 0 Å². The monoisotopic (exact) mass is 344 g/mol. The Bertz CT molecular complexity index is 698. The number of aromatic nitrogens is 2. The van der Waals surface area contributed by atoms with E-state index in [1.165, 1.54) is 12.1 Å². The molecule has 0 saturated carbocycles.